The number of amides is 1. The van der Waals surface area contributed by atoms with Gasteiger partial charge in [-0.1, -0.05) is 36.0 Å². The highest BCUT2D eigenvalue weighted by molar-refractivity contribution is 14.1. The SMILES string of the molecule is O=C(CSc1n[nH]c(-c2ccccc2F)n1)Nc1ccccc1I. The van der Waals surface area contributed by atoms with Gasteiger partial charge < -0.3 is 5.32 Å². The summed E-state index contributed by atoms with van der Waals surface area (Å²) in [5.74, 6) is -0.0175. The number of anilines is 1. The molecule has 0 aliphatic carbocycles. The van der Waals surface area contributed by atoms with E-state index < -0.39 is 0 Å². The van der Waals surface area contributed by atoms with Crippen LogP contribution in [0.5, 0.6) is 0 Å². The minimum atomic E-state index is -0.374. The minimum Gasteiger partial charge on any atom is -0.324 e. The zero-order valence-electron chi connectivity index (χ0n) is 12.3. The first-order valence-electron chi connectivity index (χ1n) is 6.98. The van der Waals surface area contributed by atoms with Crippen LogP contribution in [0.4, 0.5) is 10.1 Å². The first-order valence-corrected chi connectivity index (χ1v) is 9.04. The van der Waals surface area contributed by atoms with E-state index in [1.807, 2.05) is 24.3 Å². The van der Waals surface area contributed by atoms with Crippen molar-refractivity contribution < 1.29 is 9.18 Å². The molecule has 0 radical (unpaired) electrons. The average Bonchev–Trinajstić information content (AvgIpc) is 3.04. The largest absolute Gasteiger partial charge is 0.324 e. The summed E-state index contributed by atoms with van der Waals surface area (Å²) in [4.78, 5) is 16.2. The Balaban J connectivity index is 1.61. The molecule has 0 aliphatic heterocycles. The number of halogens is 2. The summed E-state index contributed by atoms with van der Waals surface area (Å²) < 4.78 is 14.7. The molecule has 2 aromatic carbocycles. The van der Waals surface area contributed by atoms with Gasteiger partial charge in [0.2, 0.25) is 11.1 Å². The summed E-state index contributed by atoms with van der Waals surface area (Å²) >= 11 is 3.34. The summed E-state index contributed by atoms with van der Waals surface area (Å²) in [6, 6.07) is 13.8. The number of H-pyrrole nitrogens is 1. The van der Waals surface area contributed by atoms with E-state index in [1.54, 1.807) is 18.2 Å². The van der Waals surface area contributed by atoms with Gasteiger partial charge in [-0.25, -0.2) is 9.37 Å². The molecule has 24 heavy (non-hydrogen) atoms. The predicted octanol–water partition coefficient (Wildman–Crippen LogP) is 3.95. The molecular weight excluding hydrogens is 442 g/mol. The fourth-order valence-electron chi connectivity index (χ4n) is 1.96. The number of para-hydroxylation sites is 1. The molecule has 0 saturated carbocycles. The van der Waals surface area contributed by atoms with Gasteiger partial charge in [0, 0.05) is 3.57 Å². The third-order valence-corrected chi connectivity index (χ3v) is 4.86. The monoisotopic (exact) mass is 454 g/mol. The second-order valence-corrected chi connectivity index (χ2v) is 6.87. The van der Waals surface area contributed by atoms with Crippen molar-refractivity contribution >= 4 is 45.9 Å². The molecule has 0 aliphatic rings. The van der Waals surface area contributed by atoms with E-state index in [0.717, 1.165) is 9.26 Å². The van der Waals surface area contributed by atoms with Crippen LogP contribution in [0.2, 0.25) is 0 Å². The van der Waals surface area contributed by atoms with Crippen LogP contribution in [-0.4, -0.2) is 26.8 Å². The van der Waals surface area contributed by atoms with E-state index in [1.165, 1.54) is 17.8 Å². The van der Waals surface area contributed by atoms with Gasteiger partial charge in [-0.05, 0) is 46.9 Å². The number of carbonyl (C=O) groups is 1. The highest BCUT2D eigenvalue weighted by Gasteiger charge is 2.12. The van der Waals surface area contributed by atoms with Gasteiger partial charge in [0.15, 0.2) is 5.82 Å². The molecule has 0 saturated heterocycles. The number of nitrogens with one attached hydrogen (secondary N) is 2. The van der Waals surface area contributed by atoms with Crippen LogP contribution in [0.15, 0.2) is 53.7 Å². The molecule has 2 N–H and O–H groups in total. The Morgan fingerprint density at radius 2 is 1.96 bits per heavy atom. The Kier molecular flexibility index (Phi) is 5.46. The van der Waals surface area contributed by atoms with Gasteiger partial charge >= 0.3 is 0 Å². The Morgan fingerprint density at radius 3 is 2.75 bits per heavy atom. The normalized spacial score (nSPS) is 10.6. The number of thioether (sulfide) groups is 1. The van der Waals surface area contributed by atoms with Crippen molar-refractivity contribution in [3.8, 4) is 11.4 Å². The molecule has 1 heterocycles. The summed E-state index contributed by atoms with van der Waals surface area (Å²) in [5.41, 5.74) is 1.12. The summed E-state index contributed by atoms with van der Waals surface area (Å²) in [5, 5.41) is 9.93. The number of carbonyl (C=O) groups excluding carboxylic acids is 1. The molecule has 1 aromatic heterocycles. The maximum atomic E-state index is 13.7. The first-order chi connectivity index (χ1) is 11.6. The van der Waals surface area contributed by atoms with Crippen LogP contribution in [-0.2, 0) is 4.79 Å². The Morgan fingerprint density at radius 1 is 1.21 bits per heavy atom. The first kappa shape index (κ1) is 16.9. The molecule has 122 valence electrons. The molecule has 8 heteroatoms. The van der Waals surface area contributed by atoms with Crippen LogP contribution < -0.4 is 5.32 Å². The molecule has 0 fully saturated rings. The lowest BCUT2D eigenvalue weighted by Crippen LogP contribution is -2.14. The van der Waals surface area contributed by atoms with Crippen LogP contribution in [0, 0.1) is 9.39 Å². The molecule has 3 rings (SSSR count). The van der Waals surface area contributed by atoms with Crippen LogP contribution in [0.3, 0.4) is 0 Å². The molecule has 1 amide bonds. The zero-order valence-corrected chi connectivity index (χ0v) is 15.3. The quantitative estimate of drug-likeness (QED) is 0.453. The highest BCUT2D eigenvalue weighted by Crippen LogP contribution is 2.22. The van der Waals surface area contributed by atoms with Crippen molar-refractivity contribution in [1.82, 2.24) is 15.2 Å². The standard InChI is InChI=1S/C16H12FIN4OS/c17-11-6-2-1-5-10(11)15-20-16(22-21-15)24-9-14(23)19-13-8-4-3-7-12(13)18/h1-8H,9H2,(H,19,23)(H,20,21,22). The average molecular weight is 454 g/mol. The summed E-state index contributed by atoms with van der Waals surface area (Å²) in [6.45, 7) is 0. The Hall–Kier alpha value is -1.94. The van der Waals surface area contributed by atoms with Gasteiger partial charge in [-0.2, -0.15) is 0 Å². The lowest BCUT2D eigenvalue weighted by atomic mass is 10.2. The number of hydrogen-bond acceptors (Lipinski definition) is 4. The van der Waals surface area contributed by atoms with Crippen LogP contribution in [0.1, 0.15) is 0 Å². The van der Waals surface area contributed by atoms with Gasteiger partial charge in [0.1, 0.15) is 5.82 Å². The van der Waals surface area contributed by atoms with Gasteiger partial charge in [-0.15, -0.1) is 5.10 Å². The summed E-state index contributed by atoms with van der Waals surface area (Å²) in [6.07, 6.45) is 0. The van der Waals surface area contributed by atoms with E-state index in [9.17, 15) is 9.18 Å². The number of rotatable bonds is 5. The van der Waals surface area contributed by atoms with Crippen molar-refractivity contribution in [3.63, 3.8) is 0 Å². The van der Waals surface area contributed by atoms with E-state index in [-0.39, 0.29) is 17.5 Å². The van der Waals surface area contributed by atoms with Crippen molar-refractivity contribution in [2.45, 2.75) is 5.16 Å². The number of hydrogen-bond donors (Lipinski definition) is 2. The maximum absolute atomic E-state index is 13.7. The number of aromatic amines is 1. The third kappa shape index (κ3) is 4.12. The maximum Gasteiger partial charge on any atom is 0.234 e. The molecule has 0 atom stereocenters. The van der Waals surface area contributed by atoms with Crippen LogP contribution in [0.25, 0.3) is 11.4 Å². The van der Waals surface area contributed by atoms with E-state index >= 15 is 0 Å². The topological polar surface area (TPSA) is 70.7 Å². The van der Waals surface area contributed by atoms with Crippen molar-refractivity contribution in [1.29, 1.82) is 0 Å². The van der Waals surface area contributed by atoms with Gasteiger partial charge in [0.25, 0.3) is 0 Å². The van der Waals surface area contributed by atoms with Crippen molar-refractivity contribution in [2.24, 2.45) is 0 Å². The zero-order chi connectivity index (χ0) is 16.9. The minimum absolute atomic E-state index is 0.152. The highest BCUT2D eigenvalue weighted by atomic mass is 127. The number of nitrogens with zero attached hydrogens (tertiary/aromatic N) is 2. The fraction of sp³-hybridized carbons (Fsp3) is 0.0625. The molecule has 0 bridgehead atoms. The second-order valence-electron chi connectivity index (χ2n) is 4.76. The molecule has 0 spiro atoms. The van der Waals surface area contributed by atoms with Gasteiger partial charge in [-0.3, -0.25) is 9.89 Å². The number of aromatic nitrogens is 3. The summed E-state index contributed by atoms with van der Waals surface area (Å²) in [7, 11) is 0. The second kappa shape index (κ2) is 7.75. The smallest absolute Gasteiger partial charge is 0.234 e. The van der Waals surface area contributed by atoms with E-state index in [2.05, 4.69) is 43.1 Å². The molecular formula is C16H12FIN4OS. The predicted molar refractivity (Wildman–Crippen MR) is 100 cm³/mol. The van der Waals surface area contributed by atoms with Crippen molar-refractivity contribution in [3.05, 3.63) is 57.9 Å². The Labute approximate surface area is 155 Å². The van der Waals surface area contributed by atoms with E-state index in [4.69, 9.17) is 0 Å². The lowest BCUT2D eigenvalue weighted by Gasteiger charge is -2.05. The van der Waals surface area contributed by atoms with Crippen molar-refractivity contribution in [2.75, 3.05) is 11.1 Å². The van der Waals surface area contributed by atoms with Crippen LogP contribution >= 0.6 is 34.4 Å². The van der Waals surface area contributed by atoms with Gasteiger partial charge in [0.05, 0.1) is 17.0 Å². The lowest BCUT2D eigenvalue weighted by molar-refractivity contribution is -0.113. The molecule has 3 aromatic rings. The fourth-order valence-corrected chi connectivity index (χ4v) is 3.08. The Bertz CT molecular complexity index is 871. The third-order valence-electron chi connectivity index (χ3n) is 3.07. The number of benzene rings is 2. The molecule has 0 unspecified atom stereocenters. The molecule has 5 nitrogen and oxygen atoms in total. The van der Waals surface area contributed by atoms with E-state index in [0.29, 0.717) is 16.5 Å².